The van der Waals surface area contributed by atoms with Crippen LogP contribution in [-0.4, -0.2) is 25.8 Å². The minimum Gasteiger partial charge on any atom is -0.398 e. The normalized spacial score (nSPS) is 19.3. The largest absolute Gasteiger partial charge is 0.418 e. The van der Waals surface area contributed by atoms with Crippen molar-refractivity contribution in [3.05, 3.63) is 23.8 Å². The molecular weight excluding hydrogens is 269 g/mol. The molecule has 0 saturated carbocycles. The summed E-state index contributed by atoms with van der Waals surface area (Å²) in [5, 5.41) is 0. The number of alkyl halides is 3. The first-order valence-corrected chi connectivity index (χ1v) is 6.75. The molecule has 1 saturated heterocycles. The zero-order valence-corrected chi connectivity index (χ0v) is 11.4. The summed E-state index contributed by atoms with van der Waals surface area (Å²) in [6.45, 7) is 3.88. The predicted molar refractivity (Wildman–Crippen MR) is 72.7 cm³/mol. The smallest absolute Gasteiger partial charge is 0.398 e. The van der Waals surface area contributed by atoms with E-state index in [1.807, 2.05) is 11.8 Å². The van der Waals surface area contributed by atoms with Crippen LogP contribution in [0.4, 0.5) is 24.5 Å². The average molecular weight is 288 g/mol. The summed E-state index contributed by atoms with van der Waals surface area (Å²) >= 11 is 0. The SMILES string of the molecule is CCN(CC1CCCO1)c1ccc(N)c(C(F)(F)F)c1. The molecule has 20 heavy (non-hydrogen) atoms. The summed E-state index contributed by atoms with van der Waals surface area (Å²) in [4.78, 5) is 1.89. The topological polar surface area (TPSA) is 38.5 Å². The lowest BCUT2D eigenvalue weighted by Gasteiger charge is -2.27. The molecule has 0 spiro atoms. The van der Waals surface area contributed by atoms with Crippen molar-refractivity contribution in [3.8, 4) is 0 Å². The predicted octanol–water partition coefficient (Wildman–Crippen LogP) is 3.29. The molecule has 2 rings (SSSR count). The Labute approximate surface area is 116 Å². The Morgan fingerprint density at radius 2 is 2.15 bits per heavy atom. The van der Waals surface area contributed by atoms with E-state index in [-0.39, 0.29) is 11.8 Å². The van der Waals surface area contributed by atoms with Crippen LogP contribution in [0.2, 0.25) is 0 Å². The van der Waals surface area contributed by atoms with Gasteiger partial charge in [-0.05, 0) is 38.0 Å². The fraction of sp³-hybridized carbons (Fsp3) is 0.571. The van der Waals surface area contributed by atoms with E-state index in [0.717, 1.165) is 25.5 Å². The first kappa shape index (κ1) is 15.0. The van der Waals surface area contributed by atoms with Crippen molar-refractivity contribution in [2.24, 2.45) is 0 Å². The molecule has 1 aromatic carbocycles. The number of ether oxygens (including phenoxy) is 1. The summed E-state index contributed by atoms with van der Waals surface area (Å²) in [5.41, 5.74) is 4.93. The molecule has 0 radical (unpaired) electrons. The lowest BCUT2D eigenvalue weighted by atomic mass is 10.1. The zero-order chi connectivity index (χ0) is 14.8. The third-order valence-electron chi connectivity index (χ3n) is 3.54. The van der Waals surface area contributed by atoms with E-state index in [2.05, 4.69) is 0 Å². The van der Waals surface area contributed by atoms with E-state index in [1.165, 1.54) is 6.07 Å². The fourth-order valence-corrected chi connectivity index (χ4v) is 2.44. The molecule has 1 fully saturated rings. The first-order valence-electron chi connectivity index (χ1n) is 6.75. The molecule has 1 aliphatic rings. The number of nitrogens with zero attached hydrogens (tertiary/aromatic N) is 1. The number of nitrogen functional groups attached to an aromatic ring is 1. The quantitative estimate of drug-likeness (QED) is 0.864. The molecule has 0 amide bonds. The third-order valence-corrected chi connectivity index (χ3v) is 3.54. The second-order valence-corrected chi connectivity index (χ2v) is 4.94. The highest BCUT2D eigenvalue weighted by molar-refractivity contribution is 5.59. The number of benzene rings is 1. The average Bonchev–Trinajstić information content (AvgIpc) is 2.88. The van der Waals surface area contributed by atoms with E-state index >= 15 is 0 Å². The van der Waals surface area contributed by atoms with Gasteiger partial charge >= 0.3 is 6.18 Å². The molecule has 0 aliphatic carbocycles. The lowest BCUT2D eigenvalue weighted by molar-refractivity contribution is -0.136. The number of halogens is 3. The molecule has 112 valence electrons. The van der Waals surface area contributed by atoms with Crippen LogP contribution in [0.3, 0.4) is 0 Å². The molecule has 1 heterocycles. The first-order chi connectivity index (χ1) is 9.41. The molecule has 0 bridgehead atoms. The summed E-state index contributed by atoms with van der Waals surface area (Å²) in [6, 6.07) is 4.06. The summed E-state index contributed by atoms with van der Waals surface area (Å²) in [6.07, 6.45) is -2.36. The molecule has 2 N–H and O–H groups in total. The Balaban J connectivity index is 2.21. The molecule has 3 nitrogen and oxygen atoms in total. The van der Waals surface area contributed by atoms with Gasteiger partial charge in [-0.15, -0.1) is 0 Å². The number of rotatable bonds is 4. The molecule has 6 heteroatoms. The van der Waals surface area contributed by atoms with Crippen LogP contribution in [0, 0.1) is 0 Å². The van der Waals surface area contributed by atoms with Gasteiger partial charge in [0.25, 0.3) is 0 Å². The van der Waals surface area contributed by atoms with Crippen LogP contribution in [-0.2, 0) is 10.9 Å². The Morgan fingerprint density at radius 1 is 1.40 bits per heavy atom. The standard InChI is InChI=1S/C14H19F3N2O/c1-2-19(9-11-4-3-7-20-11)10-5-6-13(18)12(8-10)14(15,16)17/h5-6,8,11H,2-4,7,9,18H2,1H3. The van der Waals surface area contributed by atoms with E-state index in [4.69, 9.17) is 10.5 Å². The highest BCUT2D eigenvalue weighted by atomic mass is 19.4. The minimum atomic E-state index is -4.43. The molecule has 1 aliphatic heterocycles. The van der Waals surface area contributed by atoms with Gasteiger partial charge in [-0.25, -0.2) is 0 Å². The van der Waals surface area contributed by atoms with Gasteiger partial charge in [0, 0.05) is 31.1 Å². The van der Waals surface area contributed by atoms with Crippen LogP contribution in [0.15, 0.2) is 18.2 Å². The van der Waals surface area contributed by atoms with E-state index in [9.17, 15) is 13.2 Å². The maximum absolute atomic E-state index is 12.9. The van der Waals surface area contributed by atoms with Crippen molar-refractivity contribution in [2.75, 3.05) is 30.3 Å². The van der Waals surface area contributed by atoms with Crippen LogP contribution in [0.1, 0.15) is 25.3 Å². The van der Waals surface area contributed by atoms with Gasteiger partial charge in [0.05, 0.1) is 11.7 Å². The van der Waals surface area contributed by atoms with Gasteiger partial charge in [-0.3, -0.25) is 0 Å². The Hall–Kier alpha value is -1.43. The van der Waals surface area contributed by atoms with Crippen molar-refractivity contribution in [1.29, 1.82) is 0 Å². The summed E-state index contributed by atoms with van der Waals surface area (Å²) in [5.74, 6) is 0. The minimum absolute atomic E-state index is 0.0989. The second-order valence-electron chi connectivity index (χ2n) is 4.94. The van der Waals surface area contributed by atoms with Crippen molar-refractivity contribution in [2.45, 2.75) is 32.0 Å². The number of hydrogen-bond acceptors (Lipinski definition) is 3. The maximum Gasteiger partial charge on any atom is 0.418 e. The summed E-state index contributed by atoms with van der Waals surface area (Å²) < 4.78 is 44.2. The third kappa shape index (κ3) is 3.36. The lowest BCUT2D eigenvalue weighted by Crippen LogP contribution is -2.32. The monoisotopic (exact) mass is 288 g/mol. The van der Waals surface area contributed by atoms with Gasteiger partial charge in [0.15, 0.2) is 0 Å². The van der Waals surface area contributed by atoms with E-state index in [0.29, 0.717) is 18.8 Å². The molecular formula is C14H19F3N2O. The highest BCUT2D eigenvalue weighted by Gasteiger charge is 2.33. The Kier molecular flexibility index (Phi) is 4.42. The number of anilines is 2. The van der Waals surface area contributed by atoms with E-state index in [1.54, 1.807) is 6.07 Å². The van der Waals surface area contributed by atoms with Crippen molar-refractivity contribution in [1.82, 2.24) is 0 Å². The van der Waals surface area contributed by atoms with Crippen molar-refractivity contribution in [3.63, 3.8) is 0 Å². The van der Waals surface area contributed by atoms with Crippen molar-refractivity contribution < 1.29 is 17.9 Å². The fourth-order valence-electron chi connectivity index (χ4n) is 2.44. The molecule has 0 aromatic heterocycles. The van der Waals surface area contributed by atoms with Gasteiger partial charge in [-0.2, -0.15) is 13.2 Å². The maximum atomic E-state index is 12.9. The van der Waals surface area contributed by atoms with Crippen LogP contribution < -0.4 is 10.6 Å². The van der Waals surface area contributed by atoms with Gasteiger partial charge in [0.1, 0.15) is 0 Å². The Bertz CT molecular complexity index is 456. The summed E-state index contributed by atoms with van der Waals surface area (Å²) in [7, 11) is 0. The Morgan fingerprint density at radius 3 is 2.70 bits per heavy atom. The molecule has 1 unspecified atom stereocenters. The number of nitrogens with two attached hydrogens (primary N) is 1. The molecule has 1 atom stereocenters. The van der Waals surface area contributed by atoms with Gasteiger partial charge < -0.3 is 15.4 Å². The van der Waals surface area contributed by atoms with Gasteiger partial charge in [-0.1, -0.05) is 0 Å². The van der Waals surface area contributed by atoms with E-state index < -0.39 is 11.7 Å². The highest BCUT2D eigenvalue weighted by Crippen LogP contribution is 2.36. The van der Waals surface area contributed by atoms with Gasteiger partial charge in [0.2, 0.25) is 0 Å². The zero-order valence-electron chi connectivity index (χ0n) is 11.4. The van der Waals surface area contributed by atoms with Crippen LogP contribution in [0.5, 0.6) is 0 Å². The number of hydrogen-bond donors (Lipinski definition) is 1. The molecule has 1 aromatic rings. The van der Waals surface area contributed by atoms with Crippen LogP contribution >= 0.6 is 0 Å². The number of likely N-dealkylation sites (N-methyl/N-ethyl adjacent to an activating group) is 1. The van der Waals surface area contributed by atoms with Crippen LogP contribution in [0.25, 0.3) is 0 Å². The van der Waals surface area contributed by atoms with Crippen molar-refractivity contribution >= 4 is 11.4 Å². The second kappa shape index (κ2) is 5.91.